The molecule has 0 aliphatic heterocycles. The summed E-state index contributed by atoms with van der Waals surface area (Å²) in [7, 11) is 1.95. The first-order valence-corrected chi connectivity index (χ1v) is 8.98. The number of hydrogen-bond acceptors (Lipinski definition) is 2. The van der Waals surface area contributed by atoms with Crippen LogP contribution < -0.4 is 5.32 Å². The number of methoxy groups -OCH3 is 1. The number of ether oxygens (including phenoxy) is 1. The van der Waals surface area contributed by atoms with Crippen LogP contribution in [-0.4, -0.2) is 25.3 Å². The maximum atomic E-state index is 6.12. The normalized spacial score (nSPS) is 34.0. The first-order chi connectivity index (χ1) is 9.70. The summed E-state index contributed by atoms with van der Waals surface area (Å²) in [6.45, 7) is 5.70. The van der Waals surface area contributed by atoms with Gasteiger partial charge >= 0.3 is 0 Å². The van der Waals surface area contributed by atoms with E-state index >= 15 is 0 Å². The zero-order valence-electron chi connectivity index (χ0n) is 13.9. The lowest BCUT2D eigenvalue weighted by Gasteiger charge is -2.45. The molecule has 0 saturated heterocycles. The van der Waals surface area contributed by atoms with Gasteiger partial charge in [-0.3, -0.25) is 0 Å². The fourth-order valence-corrected chi connectivity index (χ4v) is 4.43. The van der Waals surface area contributed by atoms with Crippen LogP contribution >= 0.6 is 0 Å². The van der Waals surface area contributed by atoms with Gasteiger partial charge in [0.25, 0.3) is 0 Å². The Bertz CT molecular complexity index is 265. The van der Waals surface area contributed by atoms with Crippen molar-refractivity contribution in [2.75, 3.05) is 13.7 Å². The predicted molar refractivity (Wildman–Crippen MR) is 86.0 cm³/mol. The van der Waals surface area contributed by atoms with Gasteiger partial charge < -0.3 is 10.1 Å². The van der Waals surface area contributed by atoms with Gasteiger partial charge in [0, 0.05) is 13.2 Å². The summed E-state index contributed by atoms with van der Waals surface area (Å²) >= 11 is 0. The van der Waals surface area contributed by atoms with E-state index in [0.717, 1.165) is 18.4 Å². The number of nitrogens with one attached hydrogen (secondary N) is 1. The summed E-state index contributed by atoms with van der Waals surface area (Å²) in [6, 6.07) is 0.563. The monoisotopic (exact) mass is 281 g/mol. The van der Waals surface area contributed by atoms with Crippen LogP contribution in [0.3, 0.4) is 0 Å². The maximum absolute atomic E-state index is 6.12. The molecule has 0 heterocycles. The van der Waals surface area contributed by atoms with E-state index in [1.165, 1.54) is 64.2 Å². The molecule has 0 aromatic rings. The Morgan fingerprint density at radius 2 is 1.75 bits per heavy atom. The fourth-order valence-electron chi connectivity index (χ4n) is 4.43. The highest BCUT2D eigenvalue weighted by molar-refractivity contribution is 4.97. The van der Waals surface area contributed by atoms with Crippen LogP contribution in [-0.2, 0) is 4.74 Å². The van der Waals surface area contributed by atoms with Crippen molar-refractivity contribution in [2.45, 2.75) is 89.7 Å². The van der Waals surface area contributed by atoms with Crippen LogP contribution in [0, 0.1) is 11.8 Å². The van der Waals surface area contributed by atoms with Crippen LogP contribution in [0.25, 0.3) is 0 Å². The van der Waals surface area contributed by atoms with Crippen molar-refractivity contribution < 1.29 is 4.74 Å². The molecular weight excluding hydrogens is 246 g/mol. The predicted octanol–water partition coefficient (Wildman–Crippen LogP) is 4.53. The van der Waals surface area contributed by atoms with Crippen LogP contribution in [0.2, 0.25) is 0 Å². The van der Waals surface area contributed by atoms with E-state index in [1.54, 1.807) is 0 Å². The molecule has 2 saturated carbocycles. The first-order valence-electron chi connectivity index (χ1n) is 8.98. The van der Waals surface area contributed by atoms with E-state index in [2.05, 4.69) is 19.2 Å². The summed E-state index contributed by atoms with van der Waals surface area (Å²) in [4.78, 5) is 0. The van der Waals surface area contributed by atoms with Crippen molar-refractivity contribution >= 4 is 0 Å². The van der Waals surface area contributed by atoms with Gasteiger partial charge in [-0.2, -0.15) is 0 Å². The Kier molecular flexibility index (Phi) is 6.35. The quantitative estimate of drug-likeness (QED) is 0.772. The lowest BCUT2D eigenvalue weighted by Crippen LogP contribution is -2.54. The molecular formula is C18H35NO. The van der Waals surface area contributed by atoms with Crippen LogP contribution in [0.4, 0.5) is 0 Å². The van der Waals surface area contributed by atoms with Crippen molar-refractivity contribution in [1.82, 2.24) is 5.32 Å². The molecule has 1 unspecified atom stereocenters. The molecule has 0 aromatic carbocycles. The fraction of sp³-hybridized carbons (Fsp3) is 1.00. The molecule has 0 radical (unpaired) electrons. The van der Waals surface area contributed by atoms with Gasteiger partial charge in [0.2, 0.25) is 0 Å². The standard InChI is InChI=1S/C18H35NO/c1-4-19-17(14-16-8-6-5-7-9-16)18(20-3)12-10-15(2)11-13-18/h15-17,19H,4-14H2,1-3H3. The second kappa shape index (κ2) is 7.79. The third-order valence-electron chi connectivity index (χ3n) is 5.91. The molecule has 2 heteroatoms. The zero-order chi connectivity index (χ0) is 14.4. The van der Waals surface area contributed by atoms with E-state index in [4.69, 9.17) is 4.74 Å². The molecule has 2 nitrogen and oxygen atoms in total. The Morgan fingerprint density at radius 3 is 2.30 bits per heavy atom. The molecule has 1 atom stereocenters. The van der Waals surface area contributed by atoms with E-state index in [-0.39, 0.29) is 5.60 Å². The molecule has 2 aliphatic rings. The Morgan fingerprint density at radius 1 is 1.10 bits per heavy atom. The number of hydrogen-bond donors (Lipinski definition) is 1. The van der Waals surface area contributed by atoms with Crippen molar-refractivity contribution in [3.05, 3.63) is 0 Å². The van der Waals surface area contributed by atoms with Gasteiger partial charge in [-0.25, -0.2) is 0 Å². The topological polar surface area (TPSA) is 21.3 Å². The summed E-state index contributed by atoms with van der Waals surface area (Å²) in [5, 5.41) is 3.78. The molecule has 0 amide bonds. The van der Waals surface area contributed by atoms with E-state index in [0.29, 0.717) is 6.04 Å². The van der Waals surface area contributed by atoms with Crippen molar-refractivity contribution in [1.29, 1.82) is 0 Å². The summed E-state index contributed by atoms with van der Waals surface area (Å²) in [5.74, 6) is 1.81. The Labute approximate surface area is 126 Å². The van der Waals surface area contributed by atoms with Crippen molar-refractivity contribution in [3.63, 3.8) is 0 Å². The van der Waals surface area contributed by atoms with Crippen LogP contribution in [0.15, 0.2) is 0 Å². The second-order valence-corrected chi connectivity index (χ2v) is 7.30. The molecule has 2 aliphatic carbocycles. The SMILES string of the molecule is CCNC(CC1CCCCC1)C1(OC)CCC(C)CC1. The number of rotatable bonds is 6. The van der Waals surface area contributed by atoms with Crippen LogP contribution in [0.5, 0.6) is 0 Å². The molecule has 0 aromatic heterocycles. The highest BCUT2D eigenvalue weighted by Crippen LogP contribution is 2.40. The third kappa shape index (κ3) is 3.98. The summed E-state index contributed by atoms with van der Waals surface area (Å²) in [6.07, 6.45) is 13.7. The number of likely N-dealkylation sites (N-methyl/N-ethyl adjacent to an activating group) is 1. The second-order valence-electron chi connectivity index (χ2n) is 7.30. The highest BCUT2D eigenvalue weighted by atomic mass is 16.5. The maximum Gasteiger partial charge on any atom is 0.0831 e. The average Bonchev–Trinajstić information content (AvgIpc) is 2.49. The summed E-state index contributed by atoms with van der Waals surface area (Å²) < 4.78 is 6.12. The summed E-state index contributed by atoms with van der Waals surface area (Å²) in [5.41, 5.74) is 0.111. The van der Waals surface area contributed by atoms with Crippen molar-refractivity contribution in [3.8, 4) is 0 Å². The van der Waals surface area contributed by atoms with Crippen molar-refractivity contribution in [2.24, 2.45) is 11.8 Å². The van der Waals surface area contributed by atoms with Gasteiger partial charge in [0.05, 0.1) is 5.60 Å². The van der Waals surface area contributed by atoms with E-state index in [1.807, 2.05) is 7.11 Å². The smallest absolute Gasteiger partial charge is 0.0831 e. The molecule has 2 rings (SSSR count). The lowest BCUT2D eigenvalue weighted by molar-refractivity contribution is -0.0800. The third-order valence-corrected chi connectivity index (χ3v) is 5.91. The average molecular weight is 281 g/mol. The molecule has 1 N–H and O–H groups in total. The van der Waals surface area contributed by atoms with E-state index < -0.39 is 0 Å². The molecule has 0 spiro atoms. The minimum atomic E-state index is 0.111. The zero-order valence-corrected chi connectivity index (χ0v) is 13.9. The van der Waals surface area contributed by atoms with Gasteiger partial charge in [0.15, 0.2) is 0 Å². The van der Waals surface area contributed by atoms with Gasteiger partial charge in [-0.1, -0.05) is 46.0 Å². The highest BCUT2D eigenvalue weighted by Gasteiger charge is 2.41. The Balaban J connectivity index is 2.00. The molecule has 2 fully saturated rings. The van der Waals surface area contributed by atoms with E-state index in [9.17, 15) is 0 Å². The largest absolute Gasteiger partial charge is 0.377 e. The minimum absolute atomic E-state index is 0.111. The molecule has 118 valence electrons. The van der Waals surface area contributed by atoms with Crippen LogP contribution in [0.1, 0.15) is 78.1 Å². The first kappa shape index (κ1) is 16.3. The van der Waals surface area contributed by atoms with Gasteiger partial charge in [0.1, 0.15) is 0 Å². The Hall–Kier alpha value is -0.0800. The molecule has 0 bridgehead atoms. The van der Waals surface area contributed by atoms with Gasteiger partial charge in [-0.05, 0) is 50.5 Å². The molecule has 20 heavy (non-hydrogen) atoms. The minimum Gasteiger partial charge on any atom is -0.377 e. The lowest BCUT2D eigenvalue weighted by atomic mass is 9.71. The van der Waals surface area contributed by atoms with Gasteiger partial charge in [-0.15, -0.1) is 0 Å².